The third kappa shape index (κ3) is 2.40. The van der Waals surface area contributed by atoms with Crippen LogP contribution >= 0.6 is 11.6 Å². The molecule has 0 saturated carbocycles. The second kappa shape index (κ2) is 4.20. The van der Waals surface area contributed by atoms with Gasteiger partial charge in [0.15, 0.2) is 5.02 Å². The molecule has 0 aliphatic rings. The minimum Gasteiger partial charge on any atom is -0.396 e. The Balaban J connectivity index is 2.76. The molecular formula is C6H8ClN3O3. The smallest absolute Gasteiger partial charge is 0.396 e. The SMILES string of the molecule is O=[N+]([O-])c1nn(CCCO)cc1Cl. The molecule has 0 aromatic carbocycles. The van der Waals surface area contributed by atoms with Gasteiger partial charge in [-0.2, -0.15) is 4.68 Å². The minimum atomic E-state index is -0.641. The molecule has 1 aromatic rings. The summed E-state index contributed by atoms with van der Waals surface area (Å²) in [4.78, 5) is 9.66. The fourth-order valence-electron chi connectivity index (χ4n) is 0.858. The lowest BCUT2D eigenvalue weighted by Gasteiger charge is -1.91. The molecule has 0 amide bonds. The first kappa shape index (κ1) is 9.94. The van der Waals surface area contributed by atoms with Gasteiger partial charge < -0.3 is 15.2 Å². The molecule has 13 heavy (non-hydrogen) atoms. The van der Waals surface area contributed by atoms with Crippen molar-refractivity contribution in [3.8, 4) is 0 Å². The van der Waals surface area contributed by atoms with E-state index in [0.29, 0.717) is 13.0 Å². The van der Waals surface area contributed by atoms with Crippen LogP contribution < -0.4 is 0 Å². The molecule has 0 aliphatic carbocycles. The Kier molecular flexibility index (Phi) is 3.21. The normalized spacial score (nSPS) is 10.3. The number of aliphatic hydroxyl groups is 1. The second-order valence-corrected chi connectivity index (χ2v) is 2.81. The van der Waals surface area contributed by atoms with Crippen molar-refractivity contribution >= 4 is 17.4 Å². The maximum atomic E-state index is 10.3. The van der Waals surface area contributed by atoms with E-state index in [-0.39, 0.29) is 17.4 Å². The Bertz CT molecular complexity index is 312. The Hall–Kier alpha value is -1.14. The minimum absolute atomic E-state index is 0.0166. The monoisotopic (exact) mass is 205 g/mol. The molecule has 0 unspecified atom stereocenters. The zero-order chi connectivity index (χ0) is 9.84. The summed E-state index contributed by atoms with van der Waals surface area (Å²) in [5, 5.41) is 22.4. The summed E-state index contributed by atoms with van der Waals surface area (Å²) in [7, 11) is 0. The molecule has 7 heteroatoms. The first-order valence-corrected chi connectivity index (χ1v) is 4.01. The summed E-state index contributed by atoms with van der Waals surface area (Å²) in [5.41, 5.74) is 0. The van der Waals surface area contributed by atoms with Crippen LogP contribution in [0.3, 0.4) is 0 Å². The summed E-state index contributed by atoms with van der Waals surface area (Å²) in [6.45, 7) is 0.440. The van der Waals surface area contributed by atoms with Gasteiger partial charge in [-0.3, -0.25) is 0 Å². The van der Waals surface area contributed by atoms with E-state index in [1.807, 2.05) is 0 Å². The van der Waals surface area contributed by atoms with Gasteiger partial charge in [-0.15, -0.1) is 0 Å². The summed E-state index contributed by atoms with van der Waals surface area (Å²) < 4.78 is 1.34. The van der Waals surface area contributed by atoms with E-state index >= 15 is 0 Å². The second-order valence-electron chi connectivity index (χ2n) is 2.40. The number of aliphatic hydroxyl groups excluding tert-OH is 1. The Morgan fingerprint density at radius 2 is 2.46 bits per heavy atom. The van der Waals surface area contributed by atoms with Crippen LogP contribution in [0.25, 0.3) is 0 Å². The van der Waals surface area contributed by atoms with Crippen LogP contribution in [0.4, 0.5) is 5.82 Å². The number of aryl methyl sites for hydroxylation is 1. The van der Waals surface area contributed by atoms with Crippen molar-refractivity contribution < 1.29 is 10.0 Å². The number of halogens is 1. The average molecular weight is 206 g/mol. The maximum Gasteiger partial charge on any atom is 0.408 e. The quantitative estimate of drug-likeness (QED) is 0.583. The van der Waals surface area contributed by atoms with Crippen molar-refractivity contribution in [3.63, 3.8) is 0 Å². The largest absolute Gasteiger partial charge is 0.408 e. The summed E-state index contributed by atoms with van der Waals surface area (Å²) in [5.74, 6) is -0.348. The molecule has 1 aromatic heterocycles. The summed E-state index contributed by atoms with van der Waals surface area (Å²) in [6.07, 6.45) is 1.87. The van der Waals surface area contributed by atoms with Crippen LogP contribution in [0.2, 0.25) is 5.02 Å². The number of hydrogen-bond acceptors (Lipinski definition) is 4. The van der Waals surface area contributed by atoms with Crippen LogP contribution in [0.5, 0.6) is 0 Å². The van der Waals surface area contributed by atoms with E-state index < -0.39 is 4.92 Å². The maximum absolute atomic E-state index is 10.3. The molecule has 0 atom stereocenters. The number of rotatable bonds is 4. The topological polar surface area (TPSA) is 81.2 Å². The van der Waals surface area contributed by atoms with E-state index in [1.54, 1.807) is 0 Å². The summed E-state index contributed by atoms with van der Waals surface area (Å²) >= 11 is 5.53. The van der Waals surface area contributed by atoms with E-state index in [1.165, 1.54) is 10.9 Å². The lowest BCUT2D eigenvalue weighted by Crippen LogP contribution is -2.01. The summed E-state index contributed by atoms with van der Waals surface area (Å²) in [6, 6.07) is 0. The molecule has 0 bridgehead atoms. The fraction of sp³-hybridized carbons (Fsp3) is 0.500. The van der Waals surface area contributed by atoms with Gasteiger partial charge in [-0.25, -0.2) is 0 Å². The molecule has 72 valence electrons. The van der Waals surface area contributed by atoms with Gasteiger partial charge in [0.05, 0.1) is 17.8 Å². The first-order chi connectivity index (χ1) is 6.15. The molecule has 1 heterocycles. The zero-order valence-electron chi connectivity index (χ0n) is 6.68. The van der Waals surface area contributed by atoms with Gasteiger partial charge in [0, 0.05) is 6.61 Å². The number of nitro groups is 1. The van der Waals surface area contributed by atoms with Gasteiger partial charge >= 0.3 is 5.82 Å². The fourth-order valence-corrected chi connectivity index (χ4v) is 1.08. The molecule has 6 nitrogen and oxygen atoms in total. The van der Waals surface area contributed by atoms with Crippen LogP contribution in [0, 0.1) is 10.1 Å². The van der Waals surface area contributed by atoms with E-state index in [2.05, 4.69) is 5.10 Å². The van der Waals surface area contributed by atoms with E-state index in [9.17, 15) is 10.1 Å². The number of hydrogen-bond donors (Lipinski definition) is 1. The van der Waals surface area contributed by atoms with E-state index in [0.717, 1.165) is 0 Å². The number of nitrogens with zero attached hydrogens (tertiary/aromatic N) is 3. The highest BCUT2D eigenvalue weighted by Crippen LogP contribution is 2.21. The Morgan fingerprint density at radius 1 is 1.77 bits per heavy atom. The molecular weight excluding hydrogens is 198 g/mol. The van der Waals surface area contributed by atoms with Gasteiger partial charge in [0.1, 0.15) is 0 Å². The lowest BCUT2D eigenvalue weighted by molar-refractivity contribution is -0.389. The van der Waals surface area contributed by atoms with Crippen molar-refractivity contribution in [1.29, 1.82) is 0 Å². The van der Waals surface area contributed by atoms with Crippen LogP contribution in [0.1, 0.15) is 6.42 Å². The molecule has 0 fully saturated rings. The van der Waals surface area contributed by atoms with Crippen LogP contribution in [-0.2, 0) is 6.54 Å². The van der Waals surface area contributed by atoms with Crippen molar-refractivity contribution in [2.75, 3.05) is 6.61 Å². The first-order valence-electron chi connectivity index (χ1n) is 3.63. The molecule has 0 spiro atoms. The molecule has 0 aliphatic heterocycles. The van der Waals surface area contributed by atoms with Crippen molar-refractivity contribution in [1.82, 2.24) is 9.78 Å². The molecule has 0 saturated heterocycles. The third-order valence-corrected chi connectivity index (χ3v) is 1.68. The highest BCUT2D eigenvalue weighted by Gasteiger charge is 2.18. The average Bonchev–Trinajstić information content (AvgIpc) is 2.43. The highest BCUT2D eigenvalue weighted by atomic mass is 35.5. The lowest BCUT2D eigenvalue weighted by atomic mass is 10.5. The van der Waals surface area contributed by atoms with Gasteiger partial charge in [-0.1, -0.05) is 11.6 Å². The van der Waals surface area contributed by atoms with E-state index in [4.69, 9.17) is 16.7 Å². The highest BCUT2D eigenvalue weighted by molar-refractivity contribution is 6.32. The molecule has 1 rings (SSSR count). The third-order valence-electron chi connectivity index (χ3n) is 1.42. The van der Waals surface area contributed by atoms with Gasteiger partial charge in [0.25, 0.3) is 0 Å². The van der Waals surface area contributed by atoms with Crippen LogP contribution in [-0.4, -0.2) is 26.4 Å². The van der Waals surface area contributed by atoms with Crippen molar-refractivity contribution in [2.45, 2.75) is 13.0 Å². The Labute approximate surface area is 78.9 Å². The number of aromatic nitrogens is 2. The molecule has 0 radical (unpaired) electrons. The van der Waals surface area contributed by atoms with Gasteiger partial charge in [-0.05, 0) is 11.3 Å². The predicted molar refractivity (Wildman–Crippen MR) is 45.6 cm³/mol. The van der Waals surface area contributed by atoms with Crippen molar-refractivity contribution in [3.05, 3.63) is 21.3 Å². The van der Waals surface area contributed by atoms with Gasteiger partial charge in [0.2, 0.25) is 0 Å². The standard InChI is InChI=1S/C6H8ClN3O3/c7-5-4-9(2-1-3-11)8-6(5)10(12)13/h4,11H,1-3H2. The zero-order valence-corrected chi connectivity index (χ0v) is 7.44. The van der Waals surface area contributed by atoms with Crippen molar-refractivity contribution in [2.24, 2.45) is 0 Å². The van der Waals surface area contributed by atoms with Crippen LogP contribution in [0.15, 0.2) is 6.20 Å². The predicted octanol–water partition coefficient (Wildman–Crippen LogP) is 0.827. The Morgan fingerprint density at radius 3 is 2.92 bits per heavy atom. The molecule has 1 N–H and O–H groups in total.